The molecule has 2 aromatic rings. The molecule has 2 aromatic heterocycles. The number of nitrogens with zero attached hydrogens (tertiary/aromatic N) is 2. The zero-order valence-electron chi connectivity index (χ0n) is 8.69. The van der Waals surface area contributed by atoms with Crippen LogP contribution in [0.25, 0.3) is 5.52 Å². The summed E-state index contributed by atoms with van der Waals surface area (Å²) < 4.78 is 1.96. The first-order valence-corrected chi connectivity index (χ1v) is 5.58. The van der Waals surface area contributed by atoms with E-state index in [1.807, 2.05) is 16.8 Å². The van der Waals surface area contributed by atoms with Gasteiger partial charge in [0, 0.05) is 18.7 Å². The maximum absolute atomic E-state index is 4.61. The van der Waals surface area contributed by atoms with Crippen LogP contribution in [0.1, 0.15) is 24.5 Å². The van der Waals surface area contributed by atoms with Gasteiger partial charge >= 0.3 is 0 Å². The number of pyridine rings is 1. The van der Waals surface area contributed by atoms with Gasteiger partial charge in [0.05, 0.1) is 11.2 Å². The molecule has 78 valence electrons. The summed E-state index contributed by atoms with van der Waals surface area (Å²) in [6.07, 6.45) is 4.53. The van der Waals surface area contributed by atoms with E-state index in [4.69, 9.17) is 0 Å². The van der Waals surface area contributed by atoms with E-state index in [0.717, 1.165) is 13.1 Å². The lowest BCUT2D eigenvalue weighted by atomic mass is 9.96. The summed E-state index contributed by atoms with van der Waals surface area (Å²) >= 11 is 0. The van der Waals surface area contributed by atoms with Crippen molar-refractivity contribution in [2.75, 3.05) is 13.1 Å². The second-order valence-corrected chi connectivity index (χ2v) is 4.18. The topological polar surface area (TPSA) is 29.3 Å². The molecular weight excluding hydrogens is 186 g/mol. The molecule has 1 fully saturated rings. The Balaban J connectivity index is 1.96. The Bertz CT molecular complexity index is 422. The standard InChI is InChI=1S/C12H15N3/c1-2-7-15-11(5-1)8-12(14-15)10-4-3-6-13-9-10/h1-2,5,7-8,10,13H,3-4,6,9H2. The van der Waals surface area contributed by atoms with Gasteiger partial charge in [-0.05, 0) is 37.6 Å². The molecule has 0 bridgehead atoms. The van der Waals surface area contributed by atoms with Crippen molar-refractivity contribution in [1.29, 1.82) is 0 Å². The van der Waals surface area contributed by atoms with Crippen molar-refractivity contribution < 1.29 is 0 Å². The molecule has 1 aliphatic heterocycles. The van der Waals surface area contributed by atoms with Crippen molar-refractivity contribution in [3.05, 3.63) is 36.2 Å². The van der Waals surface area contributed by atoms with Crippen LogP contribution in [0, 0.1) is 0 Å². The van der Waals surface area contributed by atoms with E-state index in [-0.39, 0.29) is 0 Å². The fraction of sp³-hybridized carbons (Fsp3) is 0.417. The average Bonchev–Trinajstić information content (AvgIpc) is 2.74. The number of hydrogen-bond acceptors (Lipinski definition) is 2. The third-order valence-electron chi connectivity index (χ3n) is 3.10. The summed E-state index contributed by atoms with van der Waals surface area (Å²) in [5.41, 5.74) is 2.42. The first-order chi connectivity index (χ1) is 7.43. The molecule has 1 unspecified atom stereocenters. The Kier molecular flexibility index (Phi) is 2.18. The number of hydrogen-bond donors (Lipinski definition) is 1. The van der Waals surface area contributed by atoms with Crippen molar-refractivity contribution in [3.8, 4) is 0 Å². The quantitative estimate of drug-likeness (QED) is 0.762. The molecule has 3 heteroatoms. The van der Waals surface area contributed by atoms with Gasteiger partial charge < -0.3 is 5.32 Å². The highest BCUT2D eigenvalue weighted by Crippen LogP contribution is 2.22. The smallest absolute Gasteiger partial charge is 0.0678 e. The second-order valence-electron chi connectivity index (χ2n) is 4.18. The Hall–Kier alpha value is -1.35. The molecule has 15 heavy (non-hydrogen) atoms. The minimum Gasteiger partial charge on any atom is -0.316 e. The molecule has 0 saturated carbocycles. The molecule has 0 radical (unpaired) electrons. The van der Waals surface area contributed by atoms with Crippen LogP contribution in [0.5, 0.6) is 0 Å². The van der Waals surface area contributed by atoms with Crippen LogP contribution in [0.3, 0.4) is 0 Å². The van der Waals surface area contributed by atoms with E-state index in [0.29, 0.717) is 5.92 Å². The van der Waals surface area contributed by atoms with Crippen LogP contribution in [-0.2, 0) is 0 Å². The minimum absolute atomic E-state index is 0.596. The molecule has 3 rings (SSSR count). The number of piperidine rings is 1. The van der Waals surface area contributed by atoms with Gasteiger partial charge in [-0.15, -0.1) is 0 Å². The van der Waals surface area contributed by atoms with Gasteiger partial charge in [0.15, 0.2) is 0 Å². The molecule has 1 saturated heterocycles. The van der Waals surface area contributed by atoms with Crippen molar-refractivity contribution in [2.24, 2.45) is 0 Å². The third-order valence-corrected chi connectivity index (χ3v) is 3.10. The highest BCUT2D eigenvalue weighted by Gasteiger charge is 2.17. The van der Waals surface area contributed by atoms with Crippen molar-refractivity contribution in [1.82, 2.24) is 14.9 Å². The summed E-state index contributed by atoms with van der Waals surface area (Å²) in [5.74, 6) is 0.596. The van der Waals surface area contributed by atoms with Gasteiger partial charge in [-0.1, -0.05) is 6.07 Å². The minimum atomic E-state index is 0.596. The van der Waals surface area contributed by atoms with E-state index in [1.54, 1.807) is 0 Å². The molecule has 0 spiro atoms. The van der Waals surface area contributed by atoms with Gasteiger partial charge in [0.25, 0.3) is 0 Å². The van der Waals surface area contributed by atoms with Crippen molar-refractivity contribution in [2.45, 2.75) is 18.8 Å². The fourth-order valence-electron chi connectivity index (χ4n) is 2.26. The molecule has 3 nitrogen and oxygen atoms in total. The van der Waals surface area contributed by atoms with Crippen molar-refractivity contribution in [3.63, 3.8) is 0 Å². The number of rotatable bonds is 1. The Morgan fingerprint density at radius 1 is 1.40 bits per heavy atom. The monoisotopic (exact) mass is 201 g/mol. The number of nitrogens with one attached hydrogen (secondary N) is 1. The van der Waals surface area contributed by atoms with E-state index in [9.17, 15) is 0 Å². The average molecular weight is 201 g/mol. The van der Waals surface area contributed by atoms with Crippen LogP contribution < -0.4 is 5.32 Å². The highest BCUT2D eigenvalue weighted by atomic mass is 15.2. The molecule has 3 heterocycles. The lowest BCUT2D eigenvalue weighted by Gasteiger charge is -2.20. The maximum atomic E-state index is 4.61. The SMILES string of the molecule is c1ccn2nc(C3CCCNC3)cc2c1. The fourth-order valence-corrected chi connectivity index (χ4v) is 2.26. The van der Waals surface area contributed by atoms with E-state index >= 15 is 0 Å². The van der Waals surface area contributed by atoms with Crippen LogP contribution in [0.2, 0.25) is 0 Å². The zero-order valence-corrected chi connectivity index (χ0v) is 8.69. The van der Waals surface area contributed by atoms with Gasteiger partial charge in [-0.25, -0.2) is 4.52 Å². The number of aromatic nitrogens is 2. The Labute approximate surface area is 89.1 Å². The molecular formula is C12H15N3. The van der Waals surface area contributed by atoms with E-state index in [1.165, 1.54) is 24.1 Å². The summed E-state index contributed by atoms with van der Waals surface area (Å²) in [6, 6.07) is 8.38. The first-order valence-electron chi connectivity index (χ1n) is 5.58. The van der Waals surface area contributed by atoms with Crippen LogP contribution in [-0.4, -0.2) is 22.7 Å². The molecule has 1 atom stereocenters. The highest BCUT2D eigenvalue weighted by molar-refractivity contribution is 5.47. The predicted molar refractivity (Wildman–Crippen MR) is 60.0 cm³/mol. The Morgan fingerprint density at radius 2 is 2.40 bits per heavy atom. The van der Waals surface area contributed by atoms with Crippen LogP contribution >= 0.6 is 0 Å². The molecule has 1 aliphatic rings. The molecule has 0 amide bonds. The predicted octanol–water partition coefficient (Wildman–Crippen LogP) is 1.80. The summed E-state index contributed by atoms with van der Waals surface area (Å²) in [5, 5.41) is 8.04. The molecule has 1 N–H and O–H groups in total. The third kappa shape index (κ3) is 1.63. The Morgan fingerprint density at radius 3 is 3.20 bits per heavy atom. The zero-order chi connectivity index (χ0) is 10.1. The molecule has 0 aliphatic carbocycles. The van der Waals surface area contributed by atoms with Crippen molar-refractivity contribution >= 4 is 5.52 Å². The van der Waals surface area contributed by atoms with Gasteiger partial charge in [-0.3, -0.25) is 0 Å². The lowest BCUT2D eigenvalue weighted by Crippen LogP contribution is -2.28. The maximum Gasteiger partial charge on any atom is 0.0678 e. The van der Waals surface area contributed by atoms with Crippen LogP contribution in [0.15, 0.2) is 30.5 Å². The van der Waals surface area contributed by atoms with Crippen LogP contribution in [0.4, 0.5) is 0 Å². The van der Waals surface area contributed by atoms with Gasteiger partial charge in [0.2, 0.25) is 0 Å². The number of fused-ring (bicyclic) bond motifs is 1. The lowest BCUT2D eigenvalue weighted by molar-refractivity contribution is 0.453. The molecule has 0 aromatic carbocycles. The summed E-state index contributed by atoms with van der Waals surface area (Å²) in [4.78, 5) is 0. The largest absolute Gasteiger partial charge is 0.316 e. The summed E-state index contributed by atoms with van der Waals surface area (Å²) in [6.45, 7) is 2.23. The van der Waals surface area contributed by atoms with E-state index in [2.05, 4.69) is 28.6 Å². The normalized spacial score (nSPS) is 22.0. The van der Waals surface area contributed by atoms with Gasteiger partial charge in [0.1, 0.15) is 0 Å². The van der Waals surface area contributed by atoms with Gasteiger partial charge in [-0.2, -0.15) is 5.10 Å². The first kappa shape index (κ1) is 8.92. The van der Waals surface area contributed by atoms with E-state index < -0.39 is 0 Å². The second kappa shape index (κ2) is 3.66. The summed E-state index contributed by atoms with van der Waals surface area (Å²) in [7, 11) is 0.